The molecule has 1 heterocycles. The Morgan fingerprint density at radius 1 is 1.05 bits per heavy atom. The van der Waals surface area contributed by atoms with Gasteiger partial charge in [0.25, 0.3) is 0 Å². The summed E-state index contributed by atoms with van der Waals surface area (Å²) in [6.45, 7) is 1.91. The lowest BCUT2D eigenvalue weighted by atomic mass is 10.1. The molecule has 1 aromatic heterocycles. The highest BCUT2D eigenvalue weighted by molar-refractivity contribution is 5.37. The van der Waals surface area contributed by atoms with Crippen LogP contribution in [0.25, 0.3) is 0 Å². The number of aliphatic hydroxyl groups excluding tert-OH is 2. The Hall–Kier alpha value is -1.43. The Balaban J connectivity index is 0.00000200. The van der Waals surface area contributed by atoms with Crippen molar-refractivity contribution in [1.82, 2.24) is 0 Å². The SMILES string of the molecule is Cc1c(O)c(CO)c(CO)c[n+]1Cc1ccccc1.[Br-]. The molecule has 3 N–H and O–H groups in total. The molecule has 2 rings (SSSR count). The zero-order valence-electron chi connectivity index (χ0n) is 11.3. The summed E-state index contributed by atoms with van der Waals surface area (Å²) in [4.78, 5) is 0. The van der Waals surface area contributed by atoms with Gasteiger partial charge in [-0.3, -0.25) is 0 Å². The second-order valence-corrected chi connectivity index (χ2v) is 4.50. The lowest BCUT2D eigenvalue weighted by molar-refractivity contribution is -0.695. The van der Waals surface area contributed by atoms with Crippen molar-refractivity contribution in [3.8, 4) is 5.75 Å². The van der Waals surface area contributed by atoms with Gasteiger partial charge in [-0.15, -0.1) is 0 Å². The summed E-state index contributed by atoms with van der Waals surface area (Å²) in [7, 11) is 0. The van der Waals surface area contributed by atoms with E-state index in [4.69, 9.17) is 0 Å². The monoisotopic (exact) mass is 339 g/mol. The lowest BCUT2D eigenvalue weighted by Gasteiger charge is -2.10. The second-order valence-electron chi connectivity index (χ2n) is 4.50. The van der Waals surface area contributed by atoms with Gasteiger partial charge in [-0.05, 0) is 0 Å². The molecule has 108 valence electrons. The first-order valence-electron chi connectivity index (χ1n) is 6.16. The number of halogens is 1. The summed E-state index contributed by atoms with van der Waals surface area (Å²) in [5.41, 5.74) is 2.71. The summed E-state index contributed by atoms with van der Waals surface area (Å²) in [5, 5.41) is 28.7. The van der Waals surface area contributed by atoms with Gasteiger partial charge < -0.3 is 32.3 Å². The third-order valence-electron chi connectivity index (χ3n) is 3.28. The van der Waals surface area contributed by atoms with E-state index in [1.165, 1.54) is 0 Å². The molecule has 0 saturated heterocycles. The fourth-order valence-electron chi connectivity index (χ4n) is 2.13. The van der Waals surface area contributed by atoms with Crippen LogP contribution in [0.15, 0.2) is 36.5 Å². The fourth-order valence-corrected chi connectivity index (χ4v) is 2.13. The molecule has 20 heavy (non-hydrogen) atoms. The third kappa shape index (κ3) is 3.36. The van der Waals surface area contributed by atoms with Crippen molar-refractivity contribution in [3.05, 3.63) is 58.9 Å². The number of aromatic nitrogens is 1. The van der Waals surface area contributed by atoms with Crippen LogP contribution in [0, 0.1) is 6.92 Å². The fraction of sp³-hybridized carbons (Fsp3) is 0.267. The number of hydrogen-bond acceptors (Lipinski definition) is 3. The first-order chi connectivity index (χ1) is 9.17. The van der Waals surface area contributed by atoms with E-state index in [9.17, 15) is 15.3 Å². The van der Waals surface area contributed by atoms with Crippen LogP contribution in [0.2, 0.25) is 0 Å². The Bertz CT molecular complexity index is 573. The first-order valence-corrected chi connectivity index (χ1v) is 6.16. The molecule has 1 aromatic carbocycles. The summed E-state index contributed by atoms with van der Waals surface area (Å²) < 4.78 is 1.87. The molecule has 0 aliphatic rings. The van der Waals surface area contributed by atoms with E-state index in [0.29, 0.717) is 23.4 Å². The predicted octanol–water partition coefficient (Wildman–Crippen LogP) is -1.97. The molecule has 0 amide bonds. The van der Waals surface area contributed by atoms with E-state index in [1.54, 1.807) is 13.1 Å². The predicted molar refractivity (Wildman–Crippen MR) is 70.4 cm³/mol. The molecule has 0 atom stereocenters. The van der Waals surface area contributed by atoms with E-state index < -0.39 is 0 Å². The topological polar surface area (TPSA) is 64.6 Å². The maximum Gasteiger partial charge on any atom is 0.220 e. The van der Waals surface area contributed by atoms with Gasteiger partial charge in [0.1, 0.15) is 0 Å². The van der Waals surface area contributed by atoms with E-state index in [2.05, 4.69) is 0 Å². The quantitative estimate of drug-likeness (QED) is 0.566. The van der Waals surface area contributed by atoms with Crippen molar-refractivity contribution in [1.29, 1.82) is 0 Å². The van der Waals surface area contributed by atoms with Crippen molar-refractivity contribution in [3.63, 3.8) is 0 Å². The first kappa shape index (κ1) is 16.6. The number of benzene rings is 1. The Kier molecular flexibility index (Phi) is 6.13. The number of pyridine rings is 1. The molecule has 4 nitrogen and oxygen atoms in total. The molecule has 0 bridgehead atoms. The maximum absolute atomic E-state index is 10.1. The molecule has 0 aliphatic heterocycles. The van der Waals surface area contributed by atoms with Crippen molar-refractivity contribution >= 4 is 0 Å². The highest BCUT2D eigenvalue weighted by Gasteiger charge is 2.20. The van der Waals surface area contributed by atoms with Crippen LogP contribution >= 0.6 is 0 Å². The van der Waals surface area contributed by atoms with Gasteiger partial charge in [-0.1, -0.05) is 30.3 Å². The molecule has 0 radical (unpaired) electrons. The third-order valence-corrected chi connectivity index (χ3v) is 3.28. The van der Waals surface area contributed by atoms with E-state index in [1.807, 2.05) is 34.9 Å². The van der Waals surface area contributed by atoms with Crippen LogP contribution < -0.4 is 21.5 Å². The summed E-state index contributed by atoms with van der Waals surface area (Å²) in [6, 6.07) is 9.87. The molecule has 0 unspecified atom stereocenters. The number of hydrogen-bond donors (Lipinski definition) is 3. The lowest BCUT2D eigenvalue weighted by Crippen LogP contribution is -3.00. The minimum absolute atomic E-state index is 0. The van der Waals surface area contributed by atoms with Crippen LogP contribution in [-0.2, 0) is 19.8 Å². The van der Waals surface area contributed by atoms with Crippen LogP contribution in [0.3, 0.4) is 0 Å². The Morgan fingerprint density at radius 3 is 2.25 bits per heavy atom. The second kappa shape index (κ2) is 7.38. The molecule has 0 saturated carbocycles. The largest absolute Gasteiger partial charge is 1.00 e. The van der Waals surface area contributed by atoms with Crippen LogP contribution in [0.4, 0.5) is 0 Å². The number of aromatic hydroxyl groups is 1. The molecule has 0 fully saturated rings. The van der Waals surface area contributed by atoms with Gasteiger partial charge in [0.15, 0.2) is 18.5 Å². The van der Waals surface area contributed by atoms with Gasteiger partial charge in [0, 0.05) is 18.1 Å². The maximum atomic E-state index is 10.1. The summed E-state index contributed by atoms with van der Waals surface area (Å²) in [6.07, 6.45) is 1.77. The average molecular weight is 340 g/mol. The smallest absolute Gasteiger partial charge is 0.220 e. The molecular weight excluding hydrogens is 322 g/mol. The molecule has 2 aromatic rings. The van der Waals surface area contributed by atoms with Crippen molar-refractivity contribution in [2.75, 3.05) is 0 Å². The minimum Gasteiger partial charge on any atom is -1.00 e. The Labute approximate surface area is 128 Å². The van der Waals surface area contributed by atoms with Gasteiger partial charge >= 0.3 is 0 Å². The molecule has 0 aliphatic carbocycles. The summed E-state index contributed by atoms with van der Waals surface area (Å²) in [5.74, 6) is 0.0463. The number of nitrogens with zero attached hydrogens (tertiary/aromatic N) is 1. The van der Waals surface area contributed by atoms with Gasteiger partial charge in [0.05, 0.1) is 18.8 Å². The van der Waals surface area contributed by atoms with E-state index >= 15 is 0 Å². The zero-order valence-corrected chi connectivity index (χ0v) is 12.8. The van der Waals surface area contributed by atoms with Crippen molar-refractivity contribution in [2.24, 2.45) is 0 Å². The molecule has 0 spiro atoms. The molecular formula is C15H18BrNO3. The number of rotatable bonds is 4. The van der Waals surface area contributed by atoms with Gasteiger partial charge in [0.2, 0.25) is 5.69 Å². The standard InChI is InChI=1S/C15H17NO3.BrH/c1-11-15(19)14(10-18)13(9-17)8-16(11)7-12-5-3-2-4-6-12;/h2-6,8,17-18H,7,9-10H2,1H3;1H. The van der Waals surface area contributed by atoms with E-state index in [0.717, 1.165) is 5.56 Å². The van der Waals surface area contributed by atoms with Crippen LogP contribution in [-0.4, -0.2) is 15.3 Å². The number of aliphatic hydroxyl groups is 2. The van der Waals surface area contributed by atoms with Gasteiger partial charge in [-0.2, -0.15) is 4.57 Å². The Morgan fingerprint density at radius 2 is 1.70 bits per heavy atom. The zero-order chi connectivity index (χ0) is 13.8. The van der Waals surface area contributed by atoms with Crippen molar-refractivity contribution < 1.29 is 36.9 Å². The van der Waals surface area contributed by atoms with Crippen LogP contribution in [0.1, 0.15) is 22.4 Å². The summed E-state index contributed by atoms with van der Waals surface area (Å²) >= 11 is 0. The van der Waals surface area contributed by atoms with E-state index in [-0.39, 0.29) is 35.9 Å². The normalized spacial score (nSPS) is 10.2. The average Bonchev–Trinajstić information content (AvgIpc) is 2.45. The van der Waals surface area contributed by atoms with Crippen molar-refractivity contribution in [2.45, 2.75) is 26.7 Å². The molecule has 5 heteroatoms. The minimum atomic E-state index is -0.283. The van der Waals surface area contributed by atoms with Gasteiger partial charge in [-0.25, -0.2) is 0 Å². The highest BCUT2D eigenvalue weighted by atomic mass is 79.9. The van der Waals surface area contributed by atoms with Crippen LogP contribution in [0.5, 0.6) is 5.75 Å². The highest BCUT2D eigenvalue weighted by Crippen LogP contribution is 2.23.